The first-order valence-electron chi connectivity index (χ1n) is 7.50. The van der Waals surface area contributed by atoms with Crippen LogP contribution in [0.1, 0.15) is 21.6 Å². The van der Waals surface area contributed by atoms with Gasteiger partial charge in [-0.05, 0) is 25.1 Å². The number of aromatic nitrogens is 1. The van der Waals surface area contributed by atoms with Gasteiger partial charge in [-0.15, -0.1) is 0 Å². The minimum atomic E-state index is -0.221. The maximum atomic E-state index is 12.4. The lowest BCUT2D eigenvalue weighted by Gasteiger charge is -2.04. The minimum absolute atomic E-state index is 0.0609. The van der Waals surface area contributed by atoms with Crippen LogP contribution in [0, 0.1) is 6.92 Å². The molecule has 2 aromatic carbocycles. The third-order valence-electron chi connectivity index (χ3n) is 3.75. The van der Waals surface area contributed by atoms with Crippen LogP contribution in [0.2, 0.25) is 0 Å². The number of aryl methyl sites for hydroxylation is 1. The fourth-order valence-electron chi connectivity index (χ4n) is 2.50. The summed E-state index contributed by atoms with van der Waals surface area (Å²) in [6.07, 6.45) is 0.0609. The summed E-state index contributed by atoms with van der Waals surface area (Å²) >= 11 is 0. The van der Waals surface area contributed by atoms with E-state index in [9.17, 15) is 9.90 Å². The van der Waals surface area contributed by atoms with Crippen LogP contribution in [-0.4, -0.2) is 23.2 Å². The summed E-state index contributed by atoms with van der Waals surface area (Å²) in [6.45, 7) is 1.91. The Morgan fingerprint density at radius 2 is 2.00 bits per heavy atom. The van der Waals surface area contributed by atoms with Crippen molar-refractivity contribution in [2.24, 2.45) is 0 Å². The van der Waals surface area contributed by atoms with Crippen molar-refractivity contribution in [3.05, 3.63) is 65.4 Å². The molecule has 0 aliphatic heterocycles. The lowest BCUT2D eigenvalue weighted by atomic mass is 10.0. The summed E-state index contributed by atoms with van der Waals surface area (Å²) in [5.74, 6) is 0.983. The van der Waals surface area contributed by atoms with Gasteiger partial charge in [0.15, 0.2) is 17.2 Å². The fraction of sp³-hybridized carbons (Fsp3) is 0.158. The maximum absolute atomic E-state index is 12.4. The number of ether oxygens (including phenoxy) is 1. The quantitative estimate of drug-likeness (QED) is 0.723. The Bertz CT molecular complexity index is 883. The van der Waals surface area contributed by atoms with Gasteiger partial charge in [-0.25, -0.2) is 0 Å². The number of aromatic hydroxyl groups is 1. The molecule has 0 atom stereocenters. The monoisotopic (exact) mass is 323 g/mol. The van der Waals surface area contributed by atoms with E-state index in [2.05, 4.69) is 5.16 Å². The molecular formula is C19H17NO4. The molecule has 5 nitrogen and oxygen atoms in total. The van der Waals surface area contributed by atoms with Crippen molar-refractivity contribution in [3.63, 3.8) is 0 Å². The molecule has 1 heterocycles. The predicted molar refractivity (Wildman–Crippen MR) is 89.4 cm³/mol. The molecule has 0 aliphatic carbocycles. The Labute approximate surface area is 139 Å². The topological polar surface area (TPSA) is 72.6 Å². The first-order valence-corrected chi connectivity index (χ1v) is 7.50. The van der Waals surface area contributed by atoms with Crippen LogP contribution in [0.25, 0.3) is 11.3 Å². The van der Waals surface area contributed by atoms with Gasteiger partial charge >= 0.3 is 0 Å². The highest BCUT2D eigenvalue weighted by atomic mass is 16.5. The first-order chi connectivity index (χ1) is 11.6. The summed E-state index contributed by atoms with van der Waals surface area (Å²) in [7, 11) is 1.57. The summed E-state index contributed by atoms with van der Waals surface area (Å²) < 4.78 is 10.6. The summed E-state index contributed by atoms with van der Waals surface area (Å²) in [4.78, 5) is 12.4. The number of ketones is 1. The van der Waals surface area contributed by atoms with Gasteiger partial charge in [-0.2, -0.15) is 0 Å². The Morgan fingerprint density at radius 3 is 2.79 bits per heavy atom. The number of hydrogen-bond donors (Lipinski definition) is 1. The standard InChI is InChI=1S/C19H17NO4/c1-12-7-8-16(21)13(9-12)10-17(22)15-11-19(24-20-15)14-5-3-4-6-18(14)23-2/h3-9,11,21H,10H2,1-2H3. The highest BCUT2D eigenvalue weighted by Gasteiger charge is 2.17. The highest BCUT2D eigenvalue weighted by Crippen LogP contribution is 2.30. The van der Waals surface area contributed by atoms with Crippen LogP contribution in [-0.2, 0) is 6.42 Å². The van der Waals surface area contributed by atoms with Crippen molar-refractivity contribution in [1.82, 2.24) is 5.16 Å². The molecule has 0 aliphatic rings. The van der Waals surface area contributed by atoms with Crippen molar-refractivity contribution in [3.8, 4) is 22.8 Å². The number of benzene rings is 2. The zero-order chi connectivity index (χ0) is 17.1. The van der Waals surface area contributed by atoms with E-state index in [4.69, 9.17) is 9.26 Å². The highest BCUT2D eigenvalue weighted by molar-refractivity contribution is 5.96. The number of hydrogen-bond acceptors (Lipinski definition) is 5. The minimum Gasteiger partial charge on any atom is -0.508 e. The molecule has 0 amide bonds. The molecule has 1 N–H and O–H groups in total. The van der Waals surface area contributed by atoms with Crippen molar-refractivity contribution < 1.29 is 19.2 Å². The Kier molecular flexibility index (Phi) is 4.33. The van der Waals surface area contributed by atoms with Gasteiger partial charge < -0.3 is 14.4 Å². The Morgan fingerprint density at radius 1 is 1.21 bits per heavy atom. The van der Waals surface area contributed by atoms with Crippen LogP contribution in [0.4, 0.5) is 0 Å². The second-order valence-corrected chi connectivity index (χ2v) is 5.51. The van der Waals surface area contributed by atoms with Gasteiger partial charge in [0.25, 0.3) is 0 Å². The molecule has 5 heteroatoms. The predicted octanol–water partition coefficient (Wildman–Crippen LogP) is 3.79. The van der Waals surface area contributed by atoms with Gasteiger partial charge in [0.1, 0.15) is 11.5 Å². The van der Waals surface area contributed by atoms with Crippen molar-refractivity contribution in [1.29, 1.82) is 0 Å². The van der Waals surface area contributed by atoms with E-state index in [1.807, 2.05) is 31.2 Å². The van der Waals surface area contributed by atoms with Gasteiger partial charge in [-0.3, -0.25) is 4.79 Å². The molecule has 0 saturated heterocycles. The Balaban J connectivity index is 1.85. The van der Waals surface area contributed by atoms with Gasteiger partial charge in [0.2, 0.25) is 0 Å². The van der Waals surface area contributed by atoms with Crippen molar-refractivity contribution in [2.75, 3.05) is 7.11 Å². The third kappa shape index (κ3) is 3.15. The van der Waals surface area contributed by atoms with Crippen LogP contribution in [0.5, 0.6) is 11.5 Å². The first kappa shape index (κ1) is 15.8. The number of carbonyl (C=O) groups excluding carboxylic acids is 1. The molecule has 3 rings (SSSR count). The molecule has 0 radical (unpaired) electrons. The zero-order valence-corrected chi connectivity index (χ0v) is 13.4. The molecule has 0 unspecified atom stereocenters. The van der Waals surface area contributed by atoms with Gasteiger partial charge in [-0.1, -0.05) is 35.0 Å². The van der Waals surface area contributed by atoms with Crippen LogP contribution < -0.4 is 4.74 Å². The van der Waals surface area contributed by atoms with Crippen LogP contribution in [0.3, 0.4) is 0 Å². The van der Waals surface area contributed by atoms with E-state index >= 15 is 0 Å². The average Bonchev–Trinajstić information content (AvgIpc) is 3.08. The SMILES string of the molecule is COc1ccccc1-c1cc(C(=O)Cc2cc(C)ccc2O)no1. The number of carbonyl (C=O) groups is 1. The number of methoxy groups -OCH3 is 1. The number of phenolic OH excluding ortho intramolecular Hbond substituents is 1. The Hall–Kier alpha value is -3.08. The molecule has 3 aromatic rings. The fourth-order valence-corrected chi connectivity index (χ4v) is 2.50. The summed E-state index contributed by atoms with van der Waals surface area (Å²) in [5.41, 5.74) is 2.49. The number of rotatable bonds is 5. The van der Waals surface area contributed by atoms with Gasteiger partial charge in [0, 0.05) is 18.1 Å². The maximum Gasteiger partial charge on any atom is 0.189 e. The molecule has 24 heavy (non-hydrogen) atoms. The zero-order valence-electron chi connectivity index (χ0n) is 13.4. The van der Waals surface area contributed by atoms with Crippen molar-refractivity contribution in [2.45, 2.75) is 13.3 Å². The third-order valence-corrected chi connectivity index (χ3v) is 3.75. The number of Topliss-reactive ketones (excluding diaryl/α,β-unsaturated/α-hetero) is 1. The summed E-state index contributed by atoms with van der Waals surface area (Å²) in [6, 6.07) is 14.1. The largest absolute Gasteiger partial charge is 0.508 e. The second kappa shape index (κ2) is 6.58. The van der Waals surface area contributed by atoms with E-state index < -0.39 is 0 Å². The molecule has 0 saturated carbocycles. The normalized spacial score (nSPS) is 10.6. The van der Waals surface area contributed by atoms with E-state index in [1.54, 1.807) is 31.4 Å². The average molecular weight is 323 g/mol. The molecular weight excluding hydrogens is 306 g/mol. The molecule has 0 bridgehead atoms. The van der Waals surface area contributed by atoms with E-state index in [0.717, 1.165) is 11.1 Å². The molecule has 0 fully saturated rings. The van der Waals surface area contributed by atoms with Crippen molar-refractivity contribution >= 4 is 5.78 Å². The number of phenols is 1. The van der Waals surface area contributed by atoms with Crippen LogP contribution in [0.15, 0.2) is 53.1 Å². The molecule has 122 valence electrons. The second-order valence-electron chi connectivity index (χ2n) is 5.51. The van der Waals surface area contributed by atoms with Gasteiger partial charge in [0.05, 0.1) is 12.7 Å². The van der Waals surface area contributed by atoms with E-state index in [0.29, 0.717) is 17.1 Å². The lowest BCUT2D eigenvalue weighted by molar-refractivity contribution is 0.0983. The lowest BCUT2D eigenvalue weighted by Crippen LogP contribution is -2.04. The van der Waals surface area contributed by atoms with Crippen LogP contribution >= 0.6 is 0 Å². The number of para-hydroxylation sites is 1. The summed E-state index contributed by atoms with van der Waals surface area (Å²) in [5, 5.41) is 13.7. The number of nitrogens with zero attached hydrogens (tertiary/aromatic N) is 1. The van der Waals surface area contributed by atoms with E-state index in [-0.39, 0.29) is 23.6 Å². The smallest absolute Gasteiger partial charge is 0.189 e. The molecule has 0 spiro atoms. The molecule has 1 aromatic heterocycles. The van der Waals surface area contributed by atoms with E-state index in [1.165, 1.54) is 0 Å².